The Balaban J connectivity index is 2.84. The molecule has 0 heterocycles. The van der Waals surface area contributed by atoms with E-state index in [1.807, 2.05) is 0 Å². The van der Waals surface area contributed by atoms with Crippen LogP contribution >= 0.6 is 0 Å². The van der Waals surface area contributed by atoms with Crippen molar-refractivity contribution in [3.8, 4) is 0 Å². The van der Waals surface area contributed by atoms with Gasteiger partial charge in [0, 0.05) is 12.7 Å². The number of hydrogen-bond donors (Lipinski definition) is 0. The van der Waals surface area contributed by atoms with E-state index in [2.05, 4.69) is 0 Å². The molecular formula is C10H9F4NO. The molecule has 1 aromatic carbocycles. The molecule has 0 spiro atoms. The van der Waals surface area contributed by atoms with Gasteiger partial charge in [-0.25, -0.2) is 4.39 Å². The number of amides is 1. The van der Waals surface area contributed by atoms with Crippen molar-refractivity contribution in [1.82, 2.24) is 0 Å². The highest BCUT2D eigenvalue weighted by molar-refractivity contribution is 5.96. The van der Waals surface area contributed by atoms with Crippen molar-refractivity contribution in [3.05, 3.63) is 30.3 Å². The molecule has 0 radical (unpaired) electrons. The van der Waals surface area contributed by atoms with E-state index in [1.54, 1.807) is 18.2 Å². The summed E-state index contributed by atoms with van der Waals surface area (Å²) in [6.07, 6.45) is -8.65. The molecule has 1 amide bonds. The Morgan fingerprint density at radius 1 is 1.25 bits per heavy atom. The fourth-order valence-corrected chi connectivity index (χ4v) is 1.09. The van der Waals surface area contributed by atoms with Gasteiger partial charge in [-0.3, -0.25) is 4.79 Å². The molecule has 0 N–H and O–H groups in total. The van der Waals surface area contributed by atoms with Gasteiger partial charge in [-0.1, -0.05) is 18.2 Å². The predicted molar refractivity (Wildman–Crippen MR) is 50.8 cm³/mol. The van der Waals surface area contributed by atoms with Crippen LogP contribution < -0.4 is 4.90 Å². The average Bonchev–Trinajstić information content (AvgIpc) is 2.26. The summed E-state index contributed by atoms with van der Waals surface area (Å²) in [6, 6.07) is 7.56. The van der Waals surface area contributed by atoms with E-state index in [1.165, 1.54) is 12.1 Å². The highest BCUT2D eigenvalue weighted by Gasteiger charge is 2.46. The lowest BCUT2D eigenvalue weighted by atomic mass is 10.2. The van der Waals surface area contributed by atoms with E-state index >= 15 is 0 Å². The molecule has 16 heavy (non-hydrogen) atoms. The summed E-state index contributed by atoms with van der Waals surface area (Å²) in [4.78, 5) is 11.8. The van der Waals surface area contributed by atoms with Crippen LogP contribution in [0.4, 0.5) is 23.2 Å². The monoisotopic (exact) mass is 235 g/mol. The molecule has 0 fully saturated rings. The lowest BCUT2D eigenvalue weighted by molar-refractivity contribution is -0.185. The molecule has 0 bridgehead atoms. The van der Waals surface area contributed by atoms with Crippen molar-refractivity contribution >= 4 is 11.6 Å². The highest BCUT2D eigenvalue weighted by atomic mass is 19.4. The van der Waals surface area contributed by atoms with Crippen LogP contribution in [-0.4, -0.2) is 25.3 Å². The lowest BCUT2D eigenvalue weighted by Crippen LogP contribution is -2.42. The van der Waals surface area contributed by atoms with E-state index in [-0.39, 0.29) is 5.69 Å². The Morgan fingerprint density at radius 2 is 1.75 bits per heavy atom. The molecule has 0 aliphatic carbocycles. The van der Waals surface area contributed by atoms with Crippen LogP contribution in [0.3, 0.4) is 0 Å². The molecule has 1 rings (SSSR count). The number of carbonyl (C=O) groups excluding carboxylic acids is 1. The second kappa shape index (κ2) is 4.51. The largest absolute Gasteiger partial charge is 0.428 e. The minimum atomic E-state index is -5.17. The standard InChI is InChI=1S/C10H9F4NO/c1-15(7-5-3-2-4-6-7)9(16)8(11)10(12,13)14/h2-6,8H,1H3. The summed E-state index contributed by atoms with van der Waals surface area (Å²) in [5.74, 6) is -1.63. The fraction of sp³-hybridized carbons (Fsp3) is 0.300. The molecule has 0 aliphatic heterocycles. The number of carbonyl (C=O) groups is 1. The van der Waals surface area contributed by atoms with Gasteiger partial charge in [0.1, 0.15) is 0 Å². The third kappa shape index (κ3) is 2.71. The molecular weight excluding hydrogens is 226 g/mol. The first-order chi connectivity index (χ1) is 7.34. The van der Waals surface area contributed by atoms with E-state index in [0.29, 0.717) is 4.90 Å². The number of benzene rings is 1. The number of halogens is 4. The first-order valence-corrected chi connectivity index (χ1v) is 4.37. The Morgan fingerprint density at radius 3 is 2.19 bits per heavy atom. The second-order valence-electron chi connectivity index (χ2n) is 3.14. The maximum Gasteiger partial charge on any atom is 0.428 e. The molecule has 1 atom stereocenters. The average molecular weight is 235 g/mol. The van der Waals surface area contributed by atoms with Gasteiger partial charge in [0.2, 0.25) is 0 Å². The SMILES string of the molecule is CN(C(=O)C(F)C(F)(F)F)c1ccccc1. The molecule has 0 saturated heterocycles. The van der Waals surface area contributed by atoms with Crippen molar-refractivity contribution in [1.29, 1.82) is 0 Å². The molecule has 1 aromatic rings. The quantitative estimate of drug-likeness (QED) is 0.721. The number of nitrogens with zero attached hydrogens (tertiary/aromatic N) is 1. The van der Waals surface area contributed by atoms with E-state index < -0.39 is 18.3 Å². The second-order valence-corrected chi connectivity index (χ2v) is 3.14. The first kappa shape index (κ1) is 12.5. The van der Waals surface area contributed by atoms with Gasteiger partial charge in [0.25, 0.3) is 12.1 Å². The van der Waals surface area contributed by atoms with Gasteiger partial charge >= 0.3 is 6.18 Å². The molecule has 2 nitrogen and oxygen atoms in total. The smallest absolute Gasteiger partial charge is 0.313 e. The number of rotatable bonds is 2. The summed E-state index contributed by atoms with van der Waals surface area (Å²) >= 11 is 0. The zero-order valence-corrected chi connectivity index (χ0v) is 8.33. The highest BCUT2D eigenvalue weighted by Crippen LogP contribution is 2.25. The summed E-state index contributed by atoms with van der Waals surface area (Å²) in [5, 5.41) is 0. The normalized spacial score (nSPS) is 13.3. The molecule has 6 heteroatoms. The Kier molecular flexibility index (Phi) is 3.51. The molecule has 1 unspecified atom stereocenters. The van der Waals surface area contributed by atoms with Crippen LogP contribution in [0.2, 0.25) is 0 Å². The van der Waals surface area contributed by atoms with Crippen LogP contribution in [0.15, 0.2) is 30.3 Å². The Labute approximate surface area is 89.5 Å². The maximum absolute atomic E-state index is 12.7. The van der Waals surface area contributed by atoms with Gasteiger partial charge in [0.05, 0.1) is 0 Å². The van der Waals surface area contributed by atoms with Crippen LogP contribution in [0.1, 0.15) is 0 Å². The van der Waals surface area contributed by atoms with Crippen molar-refractivity contribution in [2.75, 3.05) is 11.9 Å². The number of alkyl halides is 4. The van der Waals surface area contributed by atoms with Gasteiger partial charge in [0.15, 0.2) is 0 Å². The van der Waals surface area contributed by atoms with Crippen molar-refractivity contribution in [3.63, 3.8) is 0 Å². The molecule has 0 aromatic heterocycles. The minimum Gasteiger partial charge on any atom is -0.313 e. The van der Waals surface area contributed by atoms with Crippen LogP contribution in [-0.2, 0) is 4.79 Å². The first-order valence-electron chi connectivity index (χ1n) is 4.37. The minimum absolute atomic E-state index is 0.208. The van der Waals surface area contributed by atoms with E-state index in [4.69, 9.17) is 0 Å². The number of para-hydroxylation sites is 1. The third-order valence-corrected chi connectivity index (χ3v) is 1.98. The Bertz CT molecular complexity index is 363. The zero-order chi connectivity index (χ0) is 12.3. The molecule has 0 saturated carbocycles. The maximum atomic E-state index is 12.7. The Hall–Kier alpha value is -1.59. The van der Waals surface area contributed by atoms with E-state index in [9.17, 15) is 22.4 Å². The van der Waals surface area contributed by atoms with Gasteiger partial charge in [-0.05, 0) is 12.1 Å². The number of anilines is 1. The fourth-order valence-electron chi connectivity index (χ4n) is 1.09. The number of hydrogen-bond acceptors (Lipinski definition) is 1. The van der Waals surface area contributed by atoms with Crippen molar-refractivity contribution < 1.29 is 22.4 Å². The van der Waals surface area contributed by atoms with Gasteiger partial charge in [-0.15, -0.1) is 0 Å². The molecule has 0 aliphatic rings. The van der Waals surface area contributed by atoms with Gasteiger partial charge in [-0.2, -0.15) is 13.2 Å². The summed E-state index contributed by atoms with van der Waals surface area (Å²) in [6.45, 7) is 0. The summed E-state index contributed by atoms with van der Waals surface area (Å²) < 4.78 is 48.6. The van der Waals surface area contributed by atoms with Crippen molar-refractivity contribution in [2.45, 2.75) is 12.3 Å². The summed E-state index contributed by atoms with van der Waals surface area (Å²) in [7, 11) is 1.09. The third-order valence-electron chi connectivity index (χ3n) is 1.98. The van der Waals surface area contributed by atoms with Crippen molar-refractivity contribution in [2.24, 2.45) is 0 Å². The van der Waals surface area contributed by atoms with E-state index in [0.717, 1.165) is 7.05 Å². The van der Waals surface area contributed by atoms with Crippen LogP contribution in [0, 0.1) is 0 Å². The zero-order valence-electron chi connectivity index (χ0n) is 8.33. The lowest BCUT2D eigenvalue weighted by Gasteiger charge is -2.20. The summed E-state index contributed by atoms with van der Waals surface area (Å²) in [5.41, 5.74) is 0.208. The van der Waals surface area contributed by atoms with Crippen LogP contribution in [0.25, 0.3) is 0 Å². The molecule has 88 valence electrons. The topological polar surface area (TPSA) is 20.3 Å². The van der Waals surface area contributed by atoms with Crippen LogP contribution in [0.5, 0.6) is 0 Å². The van der Waals surface area contributed by atoms with Gasteiger partial charge < -0.3 is 4.90 Å². The predicted octanol–water partition coefficient (Wildman–Crippen LogP) is 2.55.